The maximum absolute atomic E-state index is 12.5. The molecule has 0 radical (unpaired) electrons. The van der Waals surface area contributed by atoms with Crippen LogP contribution in [0.2, 0.25) is 0 Å². The second-order valence-electron chi connectivity index (χ2n) is 5.25. The van der Waals surface area contributed by atoms with E-state index in [-0.39, 0.29) is 6.79 Å². The van der Waals surface area contributed by atoms with Crippen LogP contribution in [0.1, 0.15) is 23.1 Å². The van der Waals surface area contributed by atoms with Gasteiger partial charge in [-0.15, -0.1) is 0 Å². The van der Waals surface area contributed by atoms with Gasteiger partial charge >= 0.3 is 6.18 Å². The van der Waals surface area contributed by atoms with Crippen molar-refractivity contribution in [2.24, 2.45) is 0 Å². The van der Waals surface area contributed by atoms with Gasteiger partial charge in [0, 0.05) is 0 Å². The van der Waals surface area contributed by atoms with Crippen LogP contribution >= 0.6 is 0 Å². The molecule has 0 atom stereocenters. The molecule has 1 aliphatic rings. The van der Waals surface area contributed by atoms with Gasteiger partial charge in [-0.3, -0.25) is 0 Å². The van der Waals surface area contributed by atoms with Gasteiger partial charge in [0.1, 0.15) is 0 Å². The number of halogens is 3. The fourth-order valence-electron chi connectivity index (χ4n) is 2.35. The first kappa shape index (κ1) is 15.5. The maximum atomic E-state index is 12.5. The van der Waals surface area contributed by atoms with Gasteiger partial charge in [-0.1, -0.05) is 30.4 Å². The molecule has 3 rings (SSSR count). The summed E-state index contributed by atoms with van der Waals surface area (Å²) in [5.74, 6) is 1.52. The summed E-state index contributed by atoms with van der Waals surface area (Å²) in [6, 6.07) is 11.0. The second-order valence-corrected chi connectivity index (χ2v) is 5.25. The molecule has 2 nitrogen and oxygen atoms in total. The SMILES string of the molecule is FC(F)(F)c1ccc(/C=C/CCc2ccc3c(c2)OCO3)cc1. The molecule has 120 valence electrons. The minimum Gasteiger partial charge on any atom is -0.454 e. The predicted octanol–water partition coefficient (Wildman–Crippen LogP) is 5.08. The molecule has 0 aliphatic carbocycles. The highest BCUT2D eigenvalue weighted by Crippen LogP contribution is 2.33. The Morgan fingerprint density at radius 3 is 2.43 bits per heavy atom. The predicted molar refractivity (Wildman–Crippen MR) is 81.4 cm³/mol. The molecule has 0 spiro atoms. The summed E-state index contributed by atoms with van der Waals surface area (Å²) in [5, 5.41) is 0. The summed E-state index contributed by atoms with van der Waals surface area (Å²) in [6.07, 6.45) is 1.11. The van der Waals surface area contributed by atoms with E-state index in [2.05, 4.69) is 0 Å². The van der Waals surface area contributed by atoms with E-state index in [9.17, 15) is 13.2 Å². The van der Waals surface area contributed by atoms with Gasteiger partial charge in [-0.25, -0.2) is 0 Å². The molecule has 2 aromatic rings. The second kappa shape index (κ2) is 6.36. The Labute approximate surface area is 132 Å². The van der Waals surface area contributed by atoms with Gasteiger partial charge in [0.05, 0.1) is 5.56 Å². The largest absolute Gasteiger partial charge is 0.454 e. The van der Waals surface area contributed by atoms with Gasteiger partial charge in [-0.2, -0.15) is 13.2 Å². The van der Waals surface area contributed by atoms with E-state index < -0.39 is 11.7 Å². The number of aryl methyl sites for hydroxylation is 1. The Morgan fingerprint density at radius 2 is 1.70 bits per heavy atom. The van der Waals surface area contributed by atoms with Gasteiger partial charge in [0.15, 0.2) is 11.5 Å². The standard InChI is InChI=1S/C18H15F3O2/c19-18(20,21)15-8-5-13(6-9-15)3-1-2-4-14-7-10-16-17(11-14)23-12-22-16/h1,3,5-11H,2,4,12H2/b3-1+. The van der Waals surface area contributed by atoms with Gasteiger partial charge in [0.25, 0.3) is 0 Å². The molecule has 2 aromatic carbocycles. The van der Waals surface area contributed by atoms with E-state index in [1.165, 1.54) is 12.1 Å². The summed E-state index contributed by atoms with van der Waals surface area (Å²) >= 11 is 0. The van der Waals surface area contributed by atoms with E-state index in [0.29, 0.717) is 0 Å². The van der Waals surface area contributed by atoms with Crippen molar-refractivity contribution in [3.05, 3.63) is 65.2 Å². The van der Waals surface area contributed by atoms with E-state index in [1.807, 2.05) is 30.4 Å². The fourth-order valence-corrected chi connectivity index (χ4v) is 2.35. The third-order valence-corrected chi connectivity index (χ3v) is 3.58. The van der Waals surface area contributed by atoms with Crippen molar-refractivity contribution < 1.29 is 22.6 Å². The van der Waals surface area contributed by atoms with Crippen LogP contribution < -0.4 is 9.47 Å². The van der Waals surface area contributed by atoms with Crippen LogP contribution in [0.15, 0.2) is 48.5 Å². The molecule has 0 saturated carbocycles. The van der Waals surface area contributed by atoms with Crippen LogP contribution in [0.3, 0.4) is 0 Å². The maximum Gasteiger partial charge on any atom is 0.416 e. The number of fused-ring (bicyclic) bond motifs is 1. The first-order chi connectivity index (χ1) is 11.0. The van der Waals surface area contributed by atoms with Gasteiger partial charge in [0.2, 0.25) is 6.79 Å². The summed E-state index contributed by atoms with van der Waals surface area (Å²) < 4.78 is 48.0. The van der Waals surface area contributed by atoms with Crippen molar-refractivity contribution in [1.82, 2.24) is 0 Å². The number of hydrogen-bond acceptors (Lipinski definition) is 2. The molecule has 0 amide bonds. The van der Waals surface area contributed by atoms with Crippen LogP contribution in [0.4, 0.5) is 13.2 Å². The lowest BCUT2D eigenvalue weighted by atomic mass is 10.1. The zero-order valence-electron chi connectivity index (χ0n) is 12.3. The summed E-state index contributed by atoms with van der Waals surface area (Å²) in [5.41, 5.74) is 1.25. The Kier molecular flexibility index (Phi) is 4.28. The molecule has 0 N–H and O–H groups in total. The lowest BCUT2D eigenvalue weighted by Gasteiger charge is -2.05. The van der Waals surface area contributed by atoms with Crippen molar-refractivity contribution in [3.8, 4) is 11.5 Å². The van der Waals surface area contributed by atoms with Crippen molar-refractivity contribution in [2.45, 2.75) is 19.0 Å². The molecule has 5 heteroatoms. The van der Waals surface area contributed by atoms with Crippen molar-refractivity contribution in [3.63, 3.8) is 0 Å². The Morgan fingerprint density at radius 1 is 0.957 bits per heavy atom. The quantitative estimate of drug-likeness (QED) is 0.782. The molecule has 1 aliphatic heterocycles. The molecule has 23 heavy (non-hydrogen) atoms. The molecule has 0 bridgehead atoms. The first-order valence-corrected chi connectivity index (χ1v) is 7.25. The molecular formula is C18H15F3O2. The zero-order valence-corrected chi connectivity index (χ0v) is 12.3. The number of ether oxygens (including phenoxy) is 2. The van der Waals surface area contributed by atoms with Crippen LogP contribution in [0, 0.1) is 0 Å². The summed E-state index contributed by atoms with van der Waals surface area (Å²) in [7, 11) is 0. The molecule has 1 heterocycles. The van der Waals surface area contributed by atoms with E-state index in [0.717, 1.165) is 47.6 Å². The molecule has 0 unspecified atom stereocenters. The normalized spacial score (nSPS) is 13.7. The average molecular weight is 320 g/mol. The summed E-state index contributed by atoms with van der Waals surface area (Å²) in [4.78, 5) is 0. The fraction of sp³-hybridized carbons (Fsp3) is 0.222. The average Bonchev–Trinajstić information content (AvgIpc) is 2.99. The highest BCUT2D eigenvalue weighted by Gasteiger charge is 2.29. The Hall–Kier alpha value is -2.43. The minimum atomic E-state index is -4.29. The Bertz CT molecular complexity index is 703. The molecule has 0 saturated heterocycles. The van der Waals surface area contributed by atoms with Crippen LogP contribution in [-0.2, 0) is 12.6 Å². The third kappa shape index (κ3) is 3.86. The highest BCUT2D eigenvalue weighted by molar-refractivity contribution is 5.50. The van der Waals surface area contributed by atoms with Crippen molar-refractivity contribution >= 4 is 6.08 Å². The Balaban J connectivity index is 1.55. The van der Waals surface area contributed by atoms with Crippen LogP contribution in [0.5, 0.6) is 11.5 Å². The lowest BCUT2D eigenvalue weighted by molar-refractivity contribution is -0.137. The van der Waals surface area contributed by atoms with Gasteiger partial charge in [-0.05, 0) is 48.2 Å². The van der Waals surface area contributed by atoms with Crippen LogP contribution in [0.25, 0.3) is 6.08 Å². The summed E-state index contributed by atoms with van der Waals surface area (Å²) in [6.45, 7) is 0.257. The minimum absolute atomic E-state index is 0.257. The van der Waals surface area contributed by atoms with Crippen molar-refractivity contribution in [2.75, 3.05) is 6.79 Å². The number of rotatable bonds is 4. The first-order valence-electron chi connectivity index (χ1n) is 7.25. The van der Waals surface area contributed by atoms with Crippen molar-refractivity contribution in [1.29, 1.82) is 0 Å². The monoisotopic (exact) mass is 320 g/mol. The number of allylic oxidation sites excluding steroid dienone is 1. The van der Waals surface area contributed by atoms with E-state index >= 15 is 0 Å². The van der Waals surface area contributed by atoms with E-state index in [1.54, 1.807) is 0 Å². The van der Waals surface area contributed by atoms with Gasteiger partial charge < -0.3 is 9.47 Å². The smallest absolute Gasteiger partial charge is 0.416 e. The lowest BCUT2D eigenvalue weighted by Crippen LogP contribution is -2.03. The van der Waals surface area contributed by atoms with Crippen LogP contribution in [-0.4, -0.2) is 6.79 Å². The zero-order chi connectivity index (χ0) is 16.3. The highest BCUT2D eigenvalue weighted by atomic mass is 19.4. The number of hydrogen-bond donors (Lipinski definition) is 0. The number of benzene rings is 2. The third-order valence-electron chi connectivity index (χ3n) is 3.58. The molecule has 0 aromatic heterocycles. The molecular weight excluding hydrogens is 305 g/mol. The number of alkyl halides is 3. The topological polar surface area (TPSA) is 18.5 Å². The van der Waals surface area contributed by atoms with E-state index in [4.69, 9.17) is 9.47 Å². The molecule has 0 fully saturated rings.